The molecule has 2 heterocycles. The number of imide groups is 2. The molecule has 0 atom stereocenters. The molecule has 2 aliphatic heterocycles. The summed E-state index contributed by atoms with van der Waals surface area (Å²) in [5.41, 5.74) is 1.44. The fourth-order valence-corrected chi connectivity index (χ4v) is 4.21. The van der Waals surface area contributed by atoms with Crippen LogP contribution in [0.2, 0.25) is 0 Å². The third-order valence-electron chi connectivity index (χ3n) is 5.68. The maximum atomic E-state index is 13.0. The van der Waals surface area contributed by atoms with Gasteiger partial charge in [0.2, 0.25) is 0 Å². The molecule has 0 aliphatic carbocycles. The Morgan fingerprint density at radius 2 is 0.900 bits per heavy atom. The van der Waals surface area contributed by atoms with Crippen LogP contribution in [-0.4, -0.2) is 73.7 Å². The van der Waals surface area contributed by atoms with Crippen molar-refractivity contribution < 1.29 is 19.2 Å². The van der Waals surface area contributed by atoms with Crippen LogP contribution in [0.25, 0.3) is 10.8 Å². The van der Waals surface area contributed by atoms with E-state index in [4.69, 9.17) is 0 Å². The topological polar surface area (TPSA) is 98.8 Å². The molecule has 0 aromatic heterocycles. The summed E-state index contributed by atoms with van der Waals surface area (Å²) in [7, 11) is 3.63. The van der Waals surface area contributed by atoms with Gasteiger partial charge in [-0.15, -0.1) is 0 Å². The number of carbonyl (C=O) groups excluding carboxylic acids is 4. The fourth-order valence-electron chi connectivity index (χ4n) is 4.21. The van der Waals surface area contributed by atoms with E-state index in [1.165, 1.54) is 9.80 Å². The van der Waals surface area contributed by atoms with Crippen molar-refractivity contribution in [2.75, 3.05) is 40.3 Å². The van der Waals surface area contributed by atoms with Crippen molar-refractivity contribution in [2.24, 2.45) is 0 Å². The highest BCUT2D eigenvalue weighted by molar-refractivity contribution is 6.33. The molecule has 0 radical (unpaired) electrons. The van der Waals surface area contributed by atoms with E-state index in [0.29, 0.717) is 72.0 Å². The summed E-state index contributed by atoms with van der Waals surface area (Å²) >= 11 is 0. The van der Waals surface area contributed by atoms with Crippen LogP contribution in [0.15, 0.2) is 24.3 Å². The second-order valence-electron chi connectivity index (χ2n) is 7.51. The molecule has 2 aliphatic rings. The molecule has 2 aromatic carbocycles. The van der Waals surface area contributed by atoms with E-state index in [1.807, 2.05) is 14.1 Å². The van der Waals surface area contributed by atoms with Crippen molar-refractivity contribution in [1.29, 1.82) is 0 Å². The molecule has 30 heavy (non-hydrogen) atoms. The van der Waals surface area contributed by atoms with Crippen molar-refractivity contribution in [1.82, 2.24) is 20.4 Å². The average molecular weight is 408 g/mol. The highest BCUT2D eigenvalue weighted by Gasteiger charge is 2.39. The van der Waals surface area contributed by atoms with Crippen LogP contribution in [0.5, 0.6) is 0 Å². The first kappa shape index (κ1) is 20.2. The van der Waals surface area contributed by atoms with E-state index >= 15 is 0 Å². The molecule has 4 amide bonds. The summed E-state index contributed by atoms with van der Waals surface area (Å²) in [4.78, 5) is 54.6. The highest BCUT2D eigenvalue weighted by atomic mass is 16.2. The lowest BCUT2D eigenvalue weighted by Crippen LogP contribution is -2.44. The summed E-state index contributed by atoms with van der Waals surface area (Å²) < 4.78 is 0. The summed E-state index contributed by atoms with van der Waals surface area (Å²) in [6, 6.07) is 6.41. The number of hydrogen-bond donors (Lipinski definition) is 2. The van der Waals surface area contributed by atoms with Crippen LogP contribution in [0.1, 0.15) is 54.3 Å². The van der Waals surface area contributed by atoms with Gasteiger partial charge in [0.25, 0.3) is 23.6 Å². The van der Waals surface area contributed by atoms with Crippen molar-refractivity contribution in [3.8, 4) is 0 Å². The number of nitrogens with zero attached hydrogens (tertiary/aromatic N) is 2. The van der Waals surface area contributed by atoms with Gasteiger partial charge < -0.3 is 10.6 Å². The summed E-state index contributed by atoms with van der Waals surface area (Å²) in [5, 5.41) is 6.85. The quantitative estimate of drug-likeness (QED) is 0.504. The lowest BCUT2D eigenvalue weighted by atomic mass is 9.86. The van der Waals surface area contributed by atoms with E-state index in [2.05, 4.69) is 10.6 Å². The number of carbonyl (C=O) groups is 4. The SMILES string of the molecule is CNCCCN1C(=O)c2ccc3c4c(ccc(c24)C1=O)C(=O)N(CCCNC)C3=O. The van der Waals surface area contributed by atoms with Gasteiger partial charge in [0.15, 0.2) is 0 Å². The Hall–Kier alpha value is -3.10. The molecule has 0 fully saturated rings. The molecule has 0 saturated carbocycles. The minimum Gasteiger partial charge on any atom is -0.320 e. The first-order chi connectivity index (χ1) is 14.5. The van der Waals surface area contributed by atoms with Crippen LogP contribution < -0.4 is 10.6 Å². The van der Waals surface area contributed by atoms with E-state index in [9.17, 15) is 19.2 Å². The van der Waals surface area contributed by atoms with Crippen LogP contribution in [-0.2, 0) is 0 Å². The van der Waals surface area contributed by atoms with Crippen molar-refractivity contribution in [2.45, 2.75) is 12.8 Å². The second-order valence-corrected chi connectivity index (χ2v) is 7.51. The zero-order chi connectivity index (χ0) is 21.4. The molecular formula is C22H24N4O4. The minimum absolute atomic E-state index is 0.306. The highest BCUT2D eigenvalue weighted by Crippen LogP contribution is 2.37. The number of rotatable bonds is 8. The number of hydrogen-bond acceptors (Lipinski definition) is 6. The van der Waals surface area contributed by atoms with Crippen LogP contribution in [0.4, 0.5) is 0 Å². The predicted octanol–water partition coefficient (Wildman–Crippen LogP) is 1.25. The van der Waals surface area contributed by atoms with Gasteiger partial charge in [0.05, 0.1) is 0 Å². The van der Waals surface area contributed by atoms with Gasteiger partial charge in [0.1, 0.15) is 0 Å². The van der Waals surface area contributed by atoms with Gasteiger partial charge >= 0.3 is 0 Å². The first-order valence-corrected chi connectivity index (χ1v) is 10.1. The molecule has 8 heteroatoms. The van der Waals surface area contributed by atoms with Gasteiger partial charge in [-0.05, 0) is 64.3 Å². The maximum Gasteiger partial charge on any atom is 0.261 e. The molecule has 4 rings (SSSR count). The van der Waals surface area contributed by atoms with E-state index in [1.54, 1.807) is 24.3 Å². The summed E-state index contributed by atoms with van der Waals surface area (Å²) in [6.45, 7) is 1.98. The lowest BCUT2D eigenvalue weighted by molar-refractivity contribution is 0.0587. The Labute approximate surface area is 174 Å². The molecule has 0 saturated heterocycles. The Bertz CT molecular complexity index is 923. The van der Waals surface area contributed by atoms with Crippen LogP contribution in [0, 0.1) is 0 Å². The monoisotopic (exact) mass is 408 g/mol. The third kappa shape index (κ3) is 3.00. The normalized spacial score (nSPS) is 15.5. The number of benzene rings is 2. The standard InChI is InChI=1S/C22H24N4O4/c1-23-9-3-11-25-19(27)13-5-7-15-18-16(8-6-14(17(13)18)20(25)28)22(30)26(21(15)29)12-4-10-24-2/h5-8,23-24H,3-4,9-12H2,1-2H3. The maximum absolute atomic E-state index is 13.0. The summed E-state index contributed by atoms with van der Waals surface area (Å²) in [5.74, 6) is -1.54. The van der Waals surface area contributed by atoms with E-state index in [0.717, 1.165) is 0 Å². The lowest BCUT2D eigenvalue weighted by Gasteiger charge is -2.32. The van der Waals surface area contributed by atoms with E-state index < -0.39 is 0 Å². The Morgan fingerprint density at radius 1 is 0.600 bits per heavy atom. The zero-order valence-electron chi connectivity index (χ0n) is 17.1. The molecule has 0 bridgehead atoms. The number of nitrogens with one attached hydrogen (secondary N) is 2. The van der Waals surface area contributed by atoms with Crippen molar-refractivity contribution in [3.05, 3.63) is 46.5 Å². The Balaban J connectivity index is 1.80. The second kappa shape index (κ2) is 7.97. The van der Waals surface area contributed by atoms with Crippen LogP contribution >= 0.6 is 0 Å². The zero-order valence-corrected chi connectivity index (χ0v) is 17.1. The molecule has 2 aromatic rings. The molecule has 0 unspecified atom stereocenters. The van der Waals surface area contributed by atoms with Gasteiger partial charge in [-0.25, -0.2) is 0 Å². The van der Waals surface area contributed by atoms with E-state index in [-0.39, 0.29) is 23.6 Å². The van der Waals surface area contributed by atoms with Gasteiger partial charge in [-0.2, -0.15) is 0 Å². The third-order valence-corrected chi connectivity index (χ3v) is 5.68. The molecular weight excluding hydrogens is 384 g/mol. The Kier molecular flexibility index (Phi) is 5.36. The average Bonchev–Trinajstić information content (AvgIpc) is 2.75. The Morgan fingerprint density at radius 3 is 1.17 bits per heavy atom. The fraction of sp³-hybridized carbons (Fsp3) is 0.364. The van der Waals surface area contributed by atoms with Gasteiger partial charge in [-0.1, -0.05) is 0 Å². The van der Waals surface area contributed by atoms with Crippen molar-refractivity contribution >= 4 is 34.4 Å². The van der Waals surface area contributed by atoms with Crippen molar-refractivity contribution in [3.63, 3.8) is 0 Å². The molecule has 156 valence electrons. The molecule has 2 N–H and O–H groups in total. The predicted molar refractivity (Wildman–Crippen MR) is 112 cm³/mol. The minimum atomic E-state index is -0.386. The molecule has 0 spiro atoms. The number of amides is 4. The first-order valence-electron chi connectivity index (χ1n) is 10.1. The van der Waals surface area contributed by atoms with Crippen LogP contribution in [0.3, 0.4) is 0 Å². The largest absolute Gasteiger partial charge is 0.320 e. The van der Waals surface area contributed by atoms with Gasteiger partial charge in [0, 0.05) is 46.1 Å². The smallest absolute Gasteiger partial charge is 0.261 e. The summed E-state index contributed by atoms with van der Waals surface area (Å²) in [6.07, 6.45) is 1.28. The molecule has 8 nitrogen and oxygen atoms in total. The van der Waals surface area contributed by atoms with Gasteiger partial charge in [-0.3, -0.25) is 29.0 Å².